The normalized spacial score (nSPS) is 12.4. The molecule has 1 N–H and O–H groups in total. The second kappa shape index (κ2) is 5.89. The van der Waals surface area contributed by atoms with Gasteiger partial charge in [-0.3, -0.25) is 0 Å². The summed E-state index contributed by atoms with van der Waals surface area (Å²) in [7, 11) is 1.61. The van der Waals surface area contributed by atoms with Gasteiger partial charge in [-0.1, -0.05) is 19.1 Å². The Morgan fingerprint density at radius 1 is 1.42 bits per heavy atom. The van der Waals surface area contributed by atoms with E-state index < -0.39 is 6.10 Å². The molecule has 0 spiro atoms. The predicted molar refractivity (Wildman–Crippen MR) is 74.3 cm³/mol. The largest absolute Gasteiger partial charge is 0.496 e. The molecule has 1 heterocycles. The smallest absolute Gasteiger partial charge is 0.142 e. The van der Waals surface area contributed by atoms with Crippen LogP contribution in [0.15, 0.2) is 30.6 Å². The van der Waals surface area contributed by atoms with Gasteiger partial charge >= 0.3 is 0 Å². The summed E-state index contributed by atoms with van der Waals surface area (Å²) in [5, 5.41) is 10.5. The van der Waals surface area contributed by atoms with Crippen LogP contribution in [-0.2, 0) is 6.54 Å². The Hall–Kier alpha value is -1.81. The molecule has 2 rings (SSSR count). The molecule has 1 atom stereocenters. The van der Waals surface area contributed by atoms with Crippen molar-refractivity contribution in [1.82, 2.24) is 9.55 Å². The maximum absolute atomic E-state index is 10.5. The molecule has 0 bridgehead atoms. The lowest BCUT2D eigenvalue weighted by atomic mass is 10.1. The number of ether oxygens (including phenoxy) is 1. The number of rotatable bonds is 5. The van der Waals surface area contributed by atoms with Gasteiger partial charge in [0, 0.05) is 24.5 Å². The van der Waals surface area contributed by atoms with Crippen LogP contribution in [0.5, 0.6) is 5.75 Å². The standard InChI is InChI=1S/C15H20N2O2/c1-4-8-17-9-7-16-15(17)14(18)12-6-5-11(2)10-13(12)19-3/h5-7,9-10,14,18H,4,8H2,1-3H3. The SMILES string of the molecule is CCCn1ccnc1C(O)c1ccc(C)cc1OC. The molecular formula is C15H20N2O2. The number of aryl methyl sites for hydroxylation is 2. The number of aromatic nitrogens is 2. The third-order valence-electron chi connectivity index (χ3n) is 3.14. The Labute approximate surface area is 113 Å². The van der Waals surface area contributed by atoms with Gasteiger partial charge in [0.1, 0.15) is 17.7 Å². The molecule has 19 heavy (non-hydrogen) atoms. The maximum atomic E-state index is 10.5. The molecule has 1 aromatic carbocycles. The highest BCUT2D eigenvalue weighted by atomic mass is 16.5. The van der Waals surface area contributed by atoms with Crippen molar-refractivity contribution < 1.29 is 9.84 Å². The number of hydrogen-bond acceptors (Lipinski definition) is 3. The third-order valence-corrected chi connectivity index (χ3v) is 3.14. The van der Waals surface area contributed by atoms with Crippen molar-refractivity contribution in [1.29, 1.82) is 0 Å². The van der Waals surface area contributed by atoms with Crippen LogP contribution in [-0.4, -0.2) is 21.8 Å². The summed E-state index contributed by atoms with van der Waals surface area (Å²) in [5.74, 6) is 1.35. The van der Waals surface area contributed by atoms with Crippen LogP contribution in [0.4, 0.5) is 0 Å². The molecule has 1 aromatic heterocycles. The fraction of sp³-hybridized carbons (Fsp3) is 0.400. The lowest BCUT2D eigenvalue weighted by Gasteiger charge is -2.16. The van der Waals surface area contributed by atoms with Crippen LogP contribution in [0.3, 0.4) is 0 Å². The molecule has 0 radical (unpaired) electrons. The Morgan fingerprint density at radius 3 is 2.89 bits per heavy atom. The zero-order valence-corrected chi connectivity index (χ0v) is 11.6. The quantitative estimate of drug-likeness (QED) is 0.899. The number of benzene rings is 1. The highest BCUT2D eigenvalue weighted by Gasteiger charge is 2.19. The molecule has 0 fully saturated rings. The van der Waals surface area contributed by atoms with Crippen molar-refractivity contribution in [3.63, 3.8) is 0 Å². The fourth-order valence-corrected chi connectivity index (χ4v) is 2.18. The minimum absolute atomic E-state index is 0.656. The second-order valence-corrected chi connectivity index (χ2v) is 4.63. The monoisotopic (exact) mass is 260 g/mol. The van der Waals surface area contributed by atoms with Gasteiger partial charge in [-0.2, -0.15) is 0 Å². The average molecular weight is 260 g/mol. The number of aliphatic hydroxyl groups is 1. The van der Waals surface area contributed by atoms with Crippen molar-refractivity contribution in [3.8, 4) is 5.75 Å². The van der Waals surface area contributed by atoms with E-state index in [0.29, 0.717) is 11.6 Å². The van der Waals surface area contributed by atoms with Gasteiger partial charge in [-0.05, 0) is 25.0 Å². The van der Waals surface area contributed by atoms with E-state index in [4.69, 9.17) is 4.74 Å². The Bertz CT molecular complexity index is 549. The molecule has 102 valence electrons. The van der Waals surface area contributed by atoms with E-state index in [2.05, 4.69) is 11.9 Å². The van der Waals surface area contributed by atoms with Gasteiger partial charge < -0.3 is 14.4 Å². The van der Waals surface area contributed by atoms with Gasteiger partial charge in [0.05, 0.1) is 7.11 Å². The van der Waals surface area contributed by atoms with Crippen LogP contribution in [0.2, 0.25) is 0 Å². The van der Waals surface area contributed by atoms with E-state index in [1.54, 1.807) is 13.3 Å². The van der Waals surface area contributed by atoms with Gasteiger partial charge in [0.15, 0.2) is 0 Å². The van der Waals surface area contributed by atoms with Crippen LogP contribution < -0.4 is 4.74 Å². The summed E-state index contributed by atoms with van der Waals surface area (Å²) in [6.45, 7) is 4.94. The molecule has 2 aromatic rings. The summed E-state index contributed by atoms with van der Waals surface area (Å²) in [6.07, 6.45) is 3.84. The van der Waals surface area contributed by atoms with E-state index in [0.717, 1.165) is 24.1 Å². The second-order valence-electron chi connectivity index (χ2n) is 4.63. The van der Waals surface area contributed by atoms with Crippen molar-refractivity contribution >= 4 is 0 Å². The topological polar surface area (TPSA) is 47.3 Å². The van der Waals surface area contributed by atoms with E-state index >= 15 is 0 Å². The minimum atomic E-state index is -0.767. The number of methoxy groups -OCH3 is 1. The van der Waals surface area contributed by atoms with E-state index in [1.165, 1.54) is 0 Å². The first kappa shape index (κ1) is 13.6. The molecule has 0 amide bonds. The van der Waals surface area contributed by atoms with Crippen LogP contribution in [0, 0.1) is 6.92 Å². The lowest BCUT2D eigenvalue weighted by molar-refractivity contribution is 0.199. The lowest BCUT2D eigenvalue weighted by Crippen LogP contribution is -2.10. The molecule has 4 heteroatoms. The molecule has 0 aliphatic heterocycles. The molecule has 0 aliphatic carbocycles. The van der Waals surface area contributed by atoms with Gasteiger partial charge in [0.25, 0.3) is 0 Å². The van der Waals surface area contributed by atoms with Crippen molar-refractivity contribution in [2.24, 2.45) is 0 Å². The highest BCUT2D eigenvalue weighted by molar-refractivity contribution is 5.40. The summed E-state index contributed by atoms with van der Waals surface area (Å²) >= 11 is 0. The maximum Gasteiger partial charge on any atom is 0.142 e. The first-order valence-electron chi connectivity index (χ1n) is 6.51. The Kier molecular flexibility index (Phi) is 4.22. The van der Waals surface area contributed by atoms with E-state index in [9.17, 15) is 5.11 Å². The fourth-order valence-electron chi connectivity index (χ4n) is 2.18. The Balaban J connectivity index is 2.38. The number of imidazole rings is 1. The minimum Gasteiger partial charge on any atom is -0.496 e. The first-order chi connectivity index (χ1) is 9.17. The molecule has 4 nitrogen and oxygen atoms in total. The van der Waals surface area contributed by atoms with E-state index in [1.807, 2.05) is 35.9 Å². The molecule has 1 unspecified atom stereocenters. The first-order valence-corrected chi connectivity index (χ1v) is 6.51. The van der Waals surface area contributed by atoms with Gasteiger partial charge in [-0.15, -0.1) is 0 Å². The van der Waals surface area contributed by atoms with E-state index in [-0.39, 0.29) is 0 Å². The molecule has 0 aliphatic rings. The summed E-state index contributed by atoms with van der Waals surface area (Å²) in [5.41, 5.74) is 1.85. The number of aliphatic hydroxyl groups excluding tert-OH is 1. The number of hydrogen-bond donors (Lipinski definition) is 1. The average Bonchev–Trinajstić information content (AvgIpc) is 2.86. The molecule has 0 saturated heterocycles. The van der Waals surface area contributed by atoms with Crippen LogP contribution in [0.1, 0.15) is 36.4 Å². The van der Waals surface area contributed by atoms with Gasteiger partial charge in [-0.25, -0.2) is 4.98 Å². The van der Waals surface area contributed by atoms with Crippen molar-refractivity contribution in [3.05, 3.63) is 47.5 Å². The zero-order chi connectivity index (χ0) is 13.8. The number of nitrogens with zero attached hydrogens (tertiary/aromatic N) is 2. The Morgan fingerprint density at radius 2 is 2.21 bits per heavy atom. The molecule has 0 saturated carbocycles. The molecular weight excluding hydrogens is 240 g/mol. The highest BCUT2D eigenvalue weighted by Crippen LogP contribution is 2.30. The third kappa shape index (κ3) is 2.79. The summed E-state index contributed by atoms with van der Waals surface area (Å²) in [6, 6.07) is 5.78. The zero-order valence-electron chi connectivity index (χ0n) is 11.6. The van der Waals surface area contributed by atoms with Crippen molar-refractivity contribution in [2.45, 2.75) is 32.9 Å². The summed E-state index contributed by atoms with van der Waals surface area (Å²) < 4.78 is 7.32. The summed E-state index contributed by atoms with van der Waals surface area (Å²) in [4.78, 5) is 4.27. The van der Waals surface area contributed by atoms with Crippen LogP contribution >= 0.6 is 0 Å². The van der Waals surface area contributed by atoms with Gasteiger partial charge in [0.2, 0.25) is 0 Å². The van der Waals surface area contributed by atoms with Crippen LogP contribution in [0.25, 0.3) is 0 Å². The predicted octanol–water partition coefficient (Wildman–Crippen LogP) is 2.69. The van der Waals surface area contributed by atoms with Crippen molar-refractivity contribution in [2.75, 3.05) is 7.11 Å².